The zero-order valence-corrected chi connectivity index (χ0v) is 17.5. The third-order valence-corrected chi connectivity index (χ3v) is 6.00. The third kappa shape index (κ3) is 5.83. The van der Waals surface area contributed by atoms with Gasteiger partial charge in [-0.05, 0) is 67.5 Å². The highest BCUT2D eigenvalue weighted by Crippen LogP contribution is 2.41. The number of rotatable bonds is 8. The van der Waals surface area contributed by atoms with E-state index in [1.54, 1.807) is 12.1 Å². The van der Waals surface area contributed by atoms with Gasteiger partial charge in [-0.2, -0.15) is 0 Å². The van der Waals surface area contributed by atoms with Crippen molar-refractivity contribution in [3.63, 3.8) is 0 Å². The minimum Gasteiger partial charge on any atom is -0.508 e. The molecule has 6 heteroatoms. The van der Waals surface area contributed by atoms with Gasteiger partial charge in [-0.1, -0.05) is 26.0 Å². The summed E-state index contributed by atoms with van der Waals surface area (Å²) < 4.78 is 22.3. The smallest absolute Gasteiger partial charge is 0.327 e. The summed E-state index contributed by atoms with van der Waals surface area (Å²) in [6, 6.07) is 9.38. The Hall–Kier alpha value is -1.81. The molecule has 0 saturated carbocycles. The minimum absolute atomic E-state index is 0.144. The summed E-state index contributed by atoms with van der Waals surface area (Å²) in [4.78, 5) is 9.49. The van der Waals surface area contributed by atoms with E-state index in [1.165, 1.54) is 7.11 Å². The van der Waals surface area contributed by atoms with Crippen LogP contribution >= 0.6 is 7.60 Å². The molecule has 0 aliphatic carbocycles. The first kappa shape index (κ1) is 21.5. The van der Waals surface area contributed by atoms with Crippen LogP contribution in [0.2, 0.25) is 0 Å². The number of phenolic OH excluding ortho intramolecular Hbond substituents is 1. The molecular formula is C21H29O5P. The van der Waals surface area contributed by atoms with E-state index in [-0.39, 0.29) is 17.8 Å². The van der Waals surface area contributed by atoms with Crippen LogP contribution in [0.25, 0.3) is 0 Å². The predicted molar refractivity (Wildman–Crippen MR) is 108 cm³/mol. The van der Waals surface area contributed by atoms with E-state index in [9.17, 15) is 14.6 Å². The molecule has 0 amide bonds. The topological polar surface area (TPSA) is 76.0 Å². The Balaban J connectivity index is 2.15. The molecule has 0 heterocycles. The number of benzene rings is 2. The molecule has 2 N–H and O–H groups in total. The summed E-state index contributed by atoms with van der Waals surface area (Å²) in [5, 5.41) is 9.97. The van der Waals surface area contributed by atoms with Crippen LogP contribution in [0.5, 0.6) is 17.2 Å². The van der Waals surface area contributed by atoms with Gasteiger partial charge in [-0.3, -0.25) is 4.57 Å². The highest BCUT2D eigenvalue weighted by molar-refractivity contribution is 7.52. The number of aryl methyl sites for hydroxylation is 3. The maximum absolute atomic E-state index is 11.6. The minimum atomic E-state index is -3.45. The molecule has 0 aliphatic rings. The van der Waals surface area contributed by atoms with Crippen LogP contribution in [-0.2, 0) is 15.5 Å². The van der Waals surface area contributed by atoms with Crippen LogP contribution in [0.4, 0.5) is 0 Å². The summed E-state index contributed by atoms with van der Waals surface area (Å²) in [7, 11) is -2.19. The van der Waals surface area contributed by atoms with E-state index in [1.807, 2.05) is 45.9 Å². The van der Waals surface area contributed by atoms with Gasteiger partial charge in [-0.25, -0.2) is 0 Å². The monoisotopic (exact) mass is 392 g/mol. The lowest BCUT2D eigenvalue weighted by molar-refractivity contribution is 0.315. The Kier molecular flexibility index (Phi) is 7.10. The Bertz CT molecular complexity index is 821. The van der Waals surface area contributed by atoms with Gasteiger partial charge in [0, 0.05) is 12.7 Å². The predicted octanol–water partition coefficient (Wildman–Crippen LogP) is 5.69. The molecule has 148 valence electrons. The van der Waals surface area contributed by atoms with Crippen molar-refractivity contribution in [1.29, 1.82) is 0 Å². The van der Waals surface area contributed by atoms with Crippen LogP contribution in [0.1, 0.15) is 48.4 Å². The van der Waals surface area contributed by atoms with Crippen molar-refractivity contribution in [1.82, 2.24) is 0 Å². The van der Waals surface area contributed by atoms with Gasteiger partial charge >= 0.3 is 7.60 Å². The second-order valence-electron chi connectivity index (χ2n) is 7.18. The molecule has 0 spiro atoms. The quantitative estimate of drug-likeness (QED) is 0.565. The molecular weight excluding hydrogens is 363 g/mol. The van der Waals surface area contributed by atoms with Crippen molar-refractivity contribution < 1.29 is 23.8 Å². The van der Waals surface area contributed by atoms with Crippen molar-refractivity contribution in [3.8, 4) is 17.2 Å². The second-order valence-corrected chi connectivity index (χ2v) is 9.27. The fourth-order valence-electron chi connectivity index (χ4n) is 3.10. The van der Waals surface area contributed by atoms with E-state index in [0.717, 1.165) is 28.0 Å². The average molecular weight is 392 g/mol. The first-order valence-electron chi connectivity index (χ1n) is 9.11. The van der Waals surface area contributed by atoms with Gasteiger partial charge in [0.15, 0.2) is 0 Å². The SMILES string of the molecule is COP(=O)(O)CCCc1cc(C)c(Oc2ccc(O)c(C(C)C)c2)c(C)c1. The Morgan fingerprint density at radius 2 is 1.74 bits per heavy atom. The number of hydrogen-bond donors (Lipinski definition) is 2. The molecule has 27 heavy (non-hydrogen) atoms. The zero-order valence-electron chi connectivity index (χ0n) is 16.7. The third-order valence-electron chi connectivity index (χ3n) is 4.55. The summed E-state index contributed by atoms with van der Waals surface area (Å²) >= 11 is 0. The Morgan fingerprint density at radius 3 is 2.30 bits per heavy atom. The van der Waals surface area contributed by atoms with Gasteiger partial charge in [-0.15, -0.1) is 0 Å². The van der Waals surface area contributed by atoms with Crippen molar-refractivity contribution in [2.24, 2.45) is 0 Å². The average Bonchev–Trinajstić information content (AvgIpc) is 2.59. The lowest BCUT2D eigenvalue weighted by atomic mass is 10.0. The molecule has 0 radical (unpaired) electrons. The molecule has 2 aromatic carbocycles. The van der Waals surface area contributed by atoms with Crippen molar-refractivity contribution in [2.75, 3.05) is 13.3 Å². The highest BCUT2D eigenvalue weighted by Gasteiger charge is 2.16. The standard InChI is InChI=1S/C21H29O5P/c1-14(2)19-13-18(8-9-20(19)22)26-21-15(3)11-17(12-16(21)4)7-6-10-27(23,24)25-5/h8-9,11-14,22H,6-7,10H2,1-5H3,(H,23,24). The Morgan fingerprint density at radius 1 is 1.11 bits per heavy atom. The number of hydrogen-bond acceptors (Lipinski definition) is 4. The second kappa shape index (κ2) is 8.92. The summed E-state index contributed by atoms with van der Waals surface area (Å²) in [5.74, 6) is 1.96. The van der Waals surface area contributed by atoms with Gasteiger partial charge in [0.25, 0.3) is 0 Å². The van der Waals surface area contributed by atoms with Crippen LogP contribution in [0.15, 0.2) is 30.3 Å². The summed E-state index contributed by atoms with van der Waals surface area (Å²) in [6.07, 6.45) is 1.42. The number of phenols is 1. The molecule has 1 atom stereocenters. The summed E-state index contributed by atoms with van der Waals surface area (Å²) in [6.45, 7) is 8.03. The van der Waals surface area contributed by atoms with E-state index < -0.39 is 7.60 Å². The number of ether oxygens (including phenoxy) is 1. The van der Waals surface area contributed by atoms with Crippen molar-refractivity contribution in [2.45, 2.75) is 46.5 Å². The lowest BCUT2D eigenvalue weighted by Gasteiger charge is -2.16. The first-order valence-corrected chi connectivity index (χ1v) is 10.9. The zero-order chi connectivity index (χ0) is 20.2. The van der Waals surface area contributed by atoms with Crippen LogP contribution in [0.3, 0.4) is 0 Å². The van der Waals surface area contributed by atoms with Gasteiger partial charge in [0.05, 0.1) is 6.16 Å². The largest absolute Gasteiger partial charge is 0.508 e. The van der Waals surface area contributed by atoms with E-state index in [2.05, 4.69) is 4.52 Å². The molecule has 0 saturated heterocycles. The van der Waals surface area contributed by atoms with Crippen molar-refractivity contribution in [3.05, 3.63) is 52.6 Å². The fourth-order valence-corrected chi connectivity index (χ4v) is 3.84. The molecule has 5 nitrogen and oxygen atoms in total. The maximum Gasteiger partial charge on any atom is 0.327 e. The fraction of sp³-hybridized carbons (Fsp3) is 0.429. The lowest BCUT2D eigenvalue weighted by Crippen LogP contribution is -1.98. The molecule has 0 aromatic heterocycles. The van der Waals surface area contributed by atoms with Crippen LogP contribution in [-0.4, -0.2) is 23.3 Å². The molecule has 2 aromatic rings. The molecule has 2 rings (SSSR count). The Labute approximate surface area is 161 Å². The van der Waals surface area contributed by atoms with Gasteiger partial charge in [0.2, 0.25) is 0 Å². The van der Waals surface area contributed by atoms with E-state index >= 15 is 0 Å². The summed E-state index contributed by atoms with van der Waals surface area (Å²) in [5.41, 5.74) is 3.96. The van der Waals surface area contributed by atoms with Gasteiger partial charge < -0.3 is 19.3 Å². The molecule has 0 bridgehead atoms. The van der Waals surface area contributed by atoms with E-state index in [0.29, 0.717) is 18.6 Å². The van der Waals surface area contributed by atoms with Gasteiger partial charge in [0.1, 0.15) is 17.2 Å². The molecule has 0 aliphatic heterocycles. The van der Waals surface area contributed by atoms with Crippen LogP contribution < -0.4 is 4.74 Å². The van der Waals surface area contributed by atoms with E-state index in [4.69, 9.17) is 4.74 Å². The number of aromatic hydroxyl groups is 1. The molecule has 0 fully saturated rings. The first-order chi connectivity index (χ1) is 12.6. The highest BCUT2D eigenvalue weighted by atomic mass is 31.2. The molecule has 1 unspecified atom stereocenters. The maximum atomic E-state index is 11.6. The normalized spacial score (nSPS) is 13.6. The van der Waals surface area contributed by atoms with Crippen molar-refractivity contribution >= 4 is 7.60 Å². The van der Waals surface area contributed by atoms with Crippen LogP contribution in [0, 0.1) is 13.8 Å².